The van der Waals surface area contributed by atoms with Gasteiger partial charge in [-0.3, -0.25) is 0 Å². The molecule has 2 heterocycles. The second-order valence-electron chi connectivity index (χ2n) is 5.67. The molecule has 3 atom stereocenters. The smallest absolute Gasteiger partial charge is 0.0849 e. The first-order chi connectivity index (χ1) is 9.61. The Kier molecular flexibility index (Phi) is 4.54. The number of aliphatic hydroxyl groups excluding tert-OH is 1. The minimum atomic E-state index is -0.609. The Balaban J connectivity index is 1.81. The van der Waals surface area contributed by atoms with Gasteiger partial charge in [-0.2, -0.15) is 11.8 Å². The molecule has 2 nitrogen and oxygen atoms in total. The molecule has 110 valence electrons. The summed E-state index contributed by atoms with van der Waals surface area (Å²) in [6.07, 6.45) is 2.22. The fraction of sp³-hybridized carbons (Fsp3) is 0.600. The molecule has 1 N–H and O–H groups in total. The van der Waals surface area contributed by atoms with Crippen LogP contribution in [0.2, 0.25) is 10.0 Å². The van der Waals surface area contributed by atoms with E-state index in [0.29, 0.717) is 22.2 Å². The molecule has 2 aliphatic rings. The lowest BCUT2D eigenvalue weighted by Crippen LogP contribution is -2.41. The quantitative estimate of drug-likeness (QED) is 0.874. The Bertz CT molecular complexity index is 469. The highest BCUT2D eigenvalue weighted by Crippen LogP contribution is 2.45. The number of benzene rings is 1. The van der Waals surface area contributed by atoms with Crippen LogP contribution in [0.1, 0.15) is 30.9 Å². The van der Waals surface area contributed by atoms with Crippen LogP contribution in [-0.4, -0.2) is 28.8 Å². The maximum Gasteiger partial charge on any atom is 0.0849 e. The molecule has 1 aromatic rings. The van der Waals surface area contributed by atoms with Gasteiger partial charge in [0.05, 0.1) is 11.7 Å². The summed E-state index contributed by atoms with van der Waals surface area (Å²) >= 11 is 14.4. The Morgan fingerprint density at radius 2 is 2.10 bits per heavy atom. The van der Waals surface area contributed by atoms with Crippen LogP contribution >= 0.6 is 35.0 Å². The molecule has 0 radical (unpaired) electrons. The van der Waals surface area contributed by atoms with Gasteiger partial charge in [0, 0.05) is 28.0 Å². The van der Waals surface area contributed by atoms with Crippen molar-refractivity contribution in [2.45, 2.75) is 31.0 Å². The Labute approximate surface area is 133 Å². The van der Waals surface area contributed by atoms with Gasteiger partial charge in [-0.25, -0.2) is 0 Å². The Hall–Kier alpha value is 0.0700. The molecule has 2 fully saturated rings. The van der Waals surface area contributed by atoms with Gasteiger partial charge >= 0.3 is 0 Å². The highest BCUT2D eigenvalue weighted by Gasteiger charge is 2.43. The summed E-state index contributed by atoms with van der Waals surface area (Å²) in [4.78, 5) is 0. The number of halogens is 2. The van der Waals surface area contributed by atoms with Crippen molar-refractivity contribution in [2.75, 3.05) is 18.1 Å². The van der Waals surface area contributed by atoms with Crippen LogP contribution in [0.3, 0.4) is 0 Å². The first-order valence-corrected chi connectivity index (χ1v) is 8.86. The standard InChI is InChI=1S/C15H18Cl2O2S/c16-11-2-1-3-12(17)13(11)14(18)10-4-6-19-15(8-10)5-7-20-9-15/h1-3,10,14,18H,4-9H2. The molecule has 5 heteroatoms. The fourth-order valence-electron chi connectivity index (χ4n) is 3.23. The third-order valence-electron chi connectivity index (χ3n) is 4.34. The van der Waals surface area contributed by atoms with E-state index in [-0.39, 0.29) is 11.5 Å². The molecule has 3 unspecified atom stereocenters. The highest BCUT2D eigenvalue weighted by atomic mass is 35.5. The van der Waals surface area contributed by atoms with E-state index in [0.717, 1.165) is 30.8 Å². The fourth-order valence-corrected chi connectivity index (χ4v) is 5.23. The van der Waals surface area contributed by atoms with Gasteiger partial charge in [0.2, 0.25) is 0 Å². The van der Waals surface area contributed by atoms with Crippen LogP contribution in [0.5, 0.6) is 0 Å². The molecule has 0 amide bonds. The van der Waals surface area contributed by atoms with Crippen molar-refractivity contribution in [1.82, 2.24) is 0 Å². The van der Waals surface area contributed by atoms with E-state index in [1.807, 2.05) is 11.8 Å². The van der Waals surface area contributed by atoms with Crippen LogP contribution in [0, 0.1) is 5.92 Å². The molecule has 0 aliphatic carbocycles. The summed E-state index contributed by atoms with van der Waals surface area (Å²) in [5.74, 6) is 2.35. The van der Waals surface area contributed by atoms with E-state index in [1.165, 1.54) is 0 Å². The van der Waals surface area contributed by atoms with Crippen LogP contribution in [0.15, 0.2) is 18.2 Å². The van der Waals surface area contributed by atoms with Gasteiger partial charge in [-0.15, -0.1) is 0 Å². The minimum absolute atomic E-state index is 0.0394. The van der Waals surface area contributed by atoms with Crippen LogP contribution in [-0.2, 0) is 4.74 Å². The second-order valence-corrected chi connectivity index (χ2v) is 7.59. The highest BCUT2D eigenvalue weighted by molar-refractivity contribution is 7.99. The lowest BCUT2D eigenvalue weighted by molar-refractivity contribution is -0.102. The molecule has 20 heavy (non-hydrogen) atoms. The summed E-state index contributed by atoms with van der Waals surface area (Å²) in [6.45, 7) is 0.713. The number of aliphatic hydroxyl groups is 1. The molecule has 2 saturated heterocycles. The molecule has 0 bridgehead atoms. The summed E-state index contributed by atoms with van der Waals surface area (Å²) < 4.78 is 6.01. The zero-order valence-electron chi connectivity index (χ0n) is 11.1. The van der Waals surface area contributed by atoms with Gasteiger partial charge in [-0.1, -0.05) is 29.3 Å². The van der Waals surface area contributed by atoms with Crippen molar-refractivity contribution in [3.63, 3.8) is 0 Å². The van der Waals surface area contributed by atoms with Crippen molar-refractivity contribution in [2.24, 2.45) is 5.92 Å². The monoisotopic (exact) mass is 332 g/mol. The predicted molar refractivity (Wildman–Crippen MR) is 84.8 cm³/mol. The molecule has 1 spiro atoms. The minimum Gasteiger partial charge on any atom is -0.388 e. The average molecular weight is 333 g/mol. The van der Waals surface area contributed by atoms with Gasteiger partial charge in [-0.05, 0) is 43.1 Å². The second kappa shape index (κ2) is 6.05. The molecule has 1 aromatic carbocycles. The third-order valence-corrected chi connectivity index (χ3v) is 6.22. The lowest BCUT2D eigenvalue weighted by atomic mass is 9.80. The molecule has 0 saturated carbocycles. The zero-order chi connectivity index (χ0) is 14.2. The Morgan fingerprint density at radius 3 is 2.75 bits per heavy atom. The normalized spacial score (nSPS) is 31.6. The number of hydrogen-bond acceptors (Lipinski definition) is 3. The van der Waals surface area contributed by atoms with Gasteiger partial charge in [0.15, 0.2) is 0 Å². The molecule has 2 aliphatic heterocycles. The number of hydrogen-bond donors (Lipinski definition) is 1. The average Bonchev–Trinajstić information content (AvgIpc) is 2.86. The molecule has 0 aromatic heterocycles. The summed E-state index contributed by atoms with van der Waals surface area (Å²) in [6, 6.07) is 5.37. The maximum atomic E-state index is 10.7. The molecular formula is C15H18Cl2O2S. The third kappa shape index (κ3) is 2.84. The van der Waals surface area contributed by atoms with Crippen LogP contribution < -0.4 is 0 Å². The van der Waals surface area contributed by atoms with Gasteiger partial charge in [0.1, 0.15) is 0 Å². The van der Waals surface area contributed by atoms with Crippen LogP contribution in [0.25, 0.3) is 0 Å². The van der Waals surface area contributed by atoms with Crippen molar-refractivity contribution in [1.29, 1.82) is 0 Å². The molecule has 3 rings (SSSR count). The van der Waals surface area contributed by atoms with E-state index in [2.05, 4.69) is 0 Å². The number of rotatable bonds is 2. The van der Waals surface area contributed by atoms with Crippen LogP contribution in [0.4, 0.5) is 0 Å². The maximum absolute atomic E-state index is 10.7. The first-order valence-electron chi connectivity index (χ1n) is 6.95. The summed E-state index contributed by atoms with van der Waals surface area (Å²) in [7, 11) is 0. The number of ether oxygens (including phenoxy) is 1. The van der Waals surface area contributed by atoms with Crippen molar-refractivity contribution < 1.29 is 9.84 Å². The van der Waals surface area contributed by atoms with Crippen molar-refractivity contribution in [3.05, 3.63) is 33.8 Å². The first kappa shape index (κ1) is 15.0. The summed E-state index contributed by atoms with van der Waals surface area (Å²) in [5, 5.41) is 11.8. The topological polar surface area (TPSA) is 29.5 Å². The van der Waals surface area contributed by atoms with E-state index < -0.39 is 6.10 Å². The number of thioether (sulfide) groups is 1. The lowest BCUT2D eigenvalue weighted by Gasteiger charge is -2.39. The van der Waals surface area contributed by atoms with E-state index in [1.54, 1.807) is 18.2 Å². The van der Waals surface area contributed by atoms with Gasteiger partial charge < -0.3 is 9.84 Å². The Morgan fingerprint density at radius 1 is 1.35 bits per heavy atom. The SMILES string of the molecule is OC(c1c(Cl)cccc1Cl)C1CCOC2(CCSC2)C1. The largest absolute Gasteiger partial charge is 0.388 e. The zero-order valence-corrected chi connectivity index (χ0v) is 13.5. The van der Waals surface area contributed by atoms with Crippen molar-refractivity contribution >= 4 is 35.0 Å². The van der Waals surface area contributed by atoms with E-state index >= 15 is 0 Å². The summed E-state index contributed by atoms with van der Waals surface area (Å²) in [5.41, 5.74) is 0.631. The van der Waals surface area contributed by atoms with Crippen molar-refractivity contribution in [3.8, 4) is 0 Å². The molecular weight excluding hydrogens is 315 g/mol. The van der Waals surface area contributed by atoms with Gasteiger partial charge in [0.25, 0.3) is 0 Å². The van der Waals surface area contributed by atoms with E-state index in [9.17, 15) is 5.11 Å². The predicted octanol–water partition coefficient (Wildman–Crippen LogP) is 4.33. The van der Waals surface area contributed by atoms with E-state index in [4.69, 9.17) is 27.9 Å².